The molecule has 1 atom stereocenters. The van der Waals surface area contributed by atoms with Gasteiger partial charge in [-0.25, -0.2) is 0 Å². The minimum atomic E-state index is 0.297. The molecule has 2 aliphatic rings. The molecule has 2 rings (SSSR count). The molecule has 140 valence electrons. The van der Waals surface area contributed by atoms with Crippen LogP contribution in [0, 0.1) is 11.8 Å². The average molecular weight is 335 g/mol. The number of piperidine rings is 2. The van der Waals surface area contributed by atoms with Crippen molar-refractivity contribution in [3.8, 4) is 0 Å². The van der Waals surface area contributed by atoms with Crippen LogP contribution in [0.5, 0.6) is 0 Å². The van der Waals surface area contributed by atoms with Gasteiger partial charge in [-0.2, -0.15) is 0 Å². The summed E-state index contributed by atoms with van der Waals surface area (Å²) in [6, 6.07) is 0. The van der Waals surface area contributed by atoms with E-state index < -0.39 is 0 Å². The highest BCUT2D eigenvalue weighted by atomic mass is 15.3. The lowest BCUT2D eigenvalue weighted by molar-refractivity contribution is -0.0384. The zero-order chi connectivity index (χ0) is 18.2. The van der Waals surface area contributed by atoms with Crippen LogP contribution in [0.2, 0.25) is 0 Å². The average Bonchev–Trinajstić information content (AvgIpc) is 2.36. The molecule has 2 heteroatoms. The Morgan fingerprint density at radius 2 is 1.25 bits per heavy atom. The number of rotatable bonds is 4. The van der Waals surface area contributed by atoms with Gasteiger partial charge in [-0.3, -0.25) is 9.80 Å². The first-order valence-corrected chi connectivity index (χ1v) is 10.1. The van der Waals surface area contributed by atoms with Crippen LogP contribution in [-0.4, -0.2) is 46.1 Å². The first-order valence-electron chi connectivity index (χ1n) is 10.1. The van der Waals surface area contributed by atoms with Gasteiger partial charge in [-0.15, -0.1) is 0 Å². The summed E-state index contributed by atoms with van der Waals surface area (Å²) < 4.78 is 0. The molecule has 0 aromatic carbocycles. The Hall–Kier alpha value is -0.340. The maximum atomic E-state index is 2.72. The van der Waals surface area contributed by atoms with Crippen LogP contribution < -0.4 is 0 Å². The largest absolute Gasteiger partial charge is 0.295 e. The van der Waals surface area contributed by atoms with Crippen molar-refractivity contribution in [3.05, 3.63) is 12.2 Å². The van der Waals surface area contributed by atoms with Gasteiger partial charge in [0.1, 0.15) is 0 Å². The molecule has 1 unspecified atom stereocenters. The van der Waals surface area contributed by atoms with Crippen LogP contribution >= 0.6 is 0 Å². The first-order chi connectivity index (χ1) is 10.9. The normalized spacial score (nSPS) is 31.6. The van der Waals surface area contributed by atoms with E-state index in [2.05, 4.69) is 77.3 Å². The van der Waals surface area contributed by atoms with Crippen LogP contribution in [0.3, 0.4) is 0 Å². The third-order valence-electron chi connectivity index (χ3n) is 6.53. The summed E-state index contributed by atoms with van der Waals surface area (Å²) in [5.41, 5.74) is 0.942. The fourth-order valence-electron chi connectivity index (χ4n) is 5.79. The molecule has 0 amide bonds. The van der Waals surface area contributed by atoms with Crippen LogP contribution in [0.15, 0.2) is 12.2 Å². The second-order valence-corrected chi connectivity index (χ2v) is 10.6. The Balaban J connectivity index is 1.93. The van der Waals surface area contributed by atoms with Crippen LogP contribution in [0.4, 0.5) is 0 Å². The smallest absolute Gasteiger partial charge is 0.0174 e. The summed E-state index contributed by atoms with van der Waals surface area (Å²) in [5.74, 6) is 1.70. The summed E-state index contributed by atoms with van der Waals surface area (Å²) in [6.45, 7) is 22.8. The molecule has 2 saturated heterocycles. The van der Waals surface area contributed by atoms with Crippen molar-refractivity contribution >= 4 is 0 Å². The second kappa shape index (κ2) is 7.11. The number of nitrogens with zero attached hydrogens (tertiary/aromatic N) is 2. The molecular formula is C22H42N2. The van der Waals surface area contributed by atoms with Gasteiger partial charge in [0.05, 0.1) is 0 Å². The number of likely N-dealkylation sites (tertiary alicyclic amines) is 2. The van der Waals surface area contributed by atoms with Crippen molar-refractivity contribution in [2.45, 2.75) is 97.7 Å². The van der Waals surface area contributed by atoms with Crippen molar-refractivity contribution in [2.24, 2.45) is 11.8 Å². The molecule has 0 N–H and O–H groups in total. The van der Waals surface area contributed by atoms with E-state index in [1.807, 2.05) is 0 Å². The van der Waals surface area contributed by atoms with Gasteiger partial charge in [0, 0.05) is 29.7 Å². The van der Waals surface area contributed by atoms with Gasteiger partial charge >= 0.3 is 0 Å². The minimum absolute atomic E-state index is 0.297. The molecule has 2 heterocycles. The van der Waals surface area contributed by atoms with Crippen LogP contribution in [-0.2, 0) is 0 Å². The quantitative estimate of drug-likeness (QED) is 0.640. The molecule has 0 bridgehead atoms. The highest BCUT2D eigenvalue weighted by Crippen LogP contribution is 2.40. The third-order valence-corrected chi connectivity index (χ3v) is 6.53. The van der Waals surface area contributed by atoms with E-state index in [0.29, 0.717) is 16.6 Å². The summed E-state index contributed by atoms with van der Waals surface area (Å²) in [5, 5.41) is 0. The van der Waals surface area contributed by atoms with Gasteiger partial charge in [0.2, 0.25) is 0 Å². The highest BCUT2D eigenvalue weighted by Gasteiger charge is 2.43. The second-order valence-electron chi connectivity index (χ2n) is 10.6. The summed E-state index contributed by atoms with van der Waals surface area (Å²) >= 11 is 0. The lowest BCUT2D eigenvalue weighted by Gasteiger charge is -2.54. The zero-order valence-corrected chi connectivity index (χ0v) is 17.7. The molecule has 2 aliphatic heterocycles. The Morgan fingerprint density at radius 3 is 1.79 bits per heavy atom. The van der Waals surface area contributed by atoms with E-state index in [1.165, 1.54) is 32.2 Å². The van der Waals surface area contributed by atoms with Crippen molar-refractivity contribution in [1.29, 1.82) is 0 Å². The van der Waals surface area contributed by atoms with E-state index in [4.69, 9.17) is 0 Å². The maximum Gasteiger partial charge on any atom is 0.0174 e. The Kier molecular flexibility index (Phi) is 5.92. The highest BCUT2D eigenvalue weighted by molar-refractivity contribution is 5.03. The van der Waals surface area contributed by atoms with Crippen molar-refractivity contribution in [3.63, 3.8) is 0 Å². The van der Waals surface area contributed by atoms with E-state index in [9.17, 15) is 0 Å². The van der Waals surface area contributed by atoms with Crippen LogP contribution in [0.25, 0.3) is 0 Å². The SMILES string of the molecule is CC1CCN(C/C=C\CN2C(C)(C)CC(C)CC2(C)C)C(C)(C)C1. The number of hydrogen-bond donors (Lipinski definition) is 0. The fraction of sp³-hybridized carbons (Fsp3) is 0.909. The minimum Gasteiger partial charge on any atom is -0.295 e. The first kappa shape index (κ1) is 20.0. The van der Waals surface area contributed by atoms with Gasteiger partial charge in [0.25, 0.3) is 0 Å². The topological polar surface area (TPSA) is 6.48 Å². The number of hydrogen-bond acceptors (Lipinski definition) is 2. The molecule has 0 radical (unpaired) electrons. The van der Waals surface area contributed by atoms with E-state index in [1.54, 1.807) is 0 Å². The van der Waals surface area contributed by atoms with Crippen LogP contribution in [0.1, 0.15) is 81.1 Å². The van der Waals surface area contributed by atoms with Gasteiger partial charge < -0.3 is 0 Å². The lowest BCUT2D eigenvalue weighted by atomic mass is 9.74. The summed E-state index contributed by atoms with van der Waals surface area (Å²) in [6.07, 6.45) is 10.1. The maximum absolute atomic E-state index is 2.72. The van der Waals surface area contributed by atoms with E-state index in [0.717, 1.165) is 24.9 Å². The van der Waals surface area contributed by atoms with Crippen molar-refractivity contribution < 1.29 is 0 Å². The molecule has 2 nitrogen and oxygen atoms in total. The van der Waals surface area contributed by atoms with E-state index >= 15 is 0 Å². The fourth-order valence-corrected chi connectivity index (χ4v) is 5.79. The molecule has 0 aromatic rings. The van der Waals surface area contributed by atoms with Gasteiger partial charge in [0.15, 0.2) is 0 Å². The molecule has 0 saturated carbocycles. The van der Waals surface area contributed by atoms with Gasteiger partial charge in [-0.05, 0) is 85.6 Å². The lowest BCUT2D eigenvalue weighted by Crippen LogP contribution is -2.60. The molecule has 2 fully saturated rings. The Bertz CT molecular complexity index is 429. The predicted molar refractivity (Wildman–Crippen MR) is 106 cm³/mol. The molecule has 0 aromatic heterocycles. The van der Waals surface area contributed by atoms with Crippen molar-refractivity contribution in [1.82, 2.24) is 9.80 Å². The van der Waals surface area contributed by atoms with Gasteiger partial charge in [-0.1, -0.05) is 26.0 Å². The predicted octanol–water partition coefficient (Wildman–Crippen LogP) is 5.34. The zero-order valence-electron chi connectivity index (χ0n) is 17.7. The van der Waals surface area contributed by atoms with Crippen molar-refractivity contribution in [2.75, 3.05) is 19.6 Å². The summed E-state index contributed by atoms with van der Waals surface area (Å²) in [4.78, 5) is 5.39. The van der Waals surface area contributed by atoms with E-state index in [-0.39, 0.29) is 0 Å². The Morgan fingerprint density at radius 1 is 0.750 bits per heavy atom. The third kappa shape index (κ3) is 4.64. The molecule has 0 spiro atoms. The molecule has 0 aliphatic carbocycles. The standard InChI is InChI=1S/C22H42N2/c1-18-11-14-23(20(3,4)15-18)12-9-10-13-24-21(5,6)16-19(2)17-22(24,7)8/h9-10,18-19H,11-17H2,1-8H3/b10-9-. The molecular weight excluding hydrogens is 292 g/mol. The summed E-state index contributed by atoms with van der Waals surface area (Å²) in [7, 11) is 0. The Labute approximate surface area is 151 Å². The molecule has 24 heavy (non-hydrogen) atoms. The monoisotopic (exact) mass is 334 g/mol.